The van der Waals surface area contributed by atoms with Crippen LogP contribution in [0.15, 0.2) is 12.6 Å². The van der Waals surface area contributed by atoms with Crippen LogP contribution in [0.4, 0.5) is 0 Å². The lowest BCUT2D eigenvalue weighted by Crippen LogP contribution is -2.42. The maximum atomic E-state index is 6.71. The summed E-state index contributed by atoms with van der Waals surface area (Å²) in [6.45, 7) is 26.8. The fourth-order valence-electron chi connectivity index (χ4n) is 6.53. The van der Waals surface area contributed by atoms with Crippen molar-refractivity contribution in [2.75, 3.05) is 40.5 Å². The van der Waals surface area contributed by atoms with E-state index in [1.165, 1.54) is 0 Å². The van der Waals surface area contributed by atoms with Crippen LogP contribution in [0.3, 0.4) is 0 Å². The Morgan fingerprint density at radius 2 is 1.91 bits per heavy atom. The second-order valence-electron chi connectivity index (χ2n) is 15.6. The first-order chi connectivity index (χ1) is 25.0. The Labute approximate surface area is 329 Å². The number of halogens is 1. The van der Waals surface area contributed by atoms with Crippen LogP contribution in [0.5, 0.6) is 17.6 Å². The monoisotopic (exact) mass is 862 g/mol. The molecule has 292 valence electrons. The molecule has 15 heteroatoms. The number of ether oxygens (including phenoxy) is 4. The van der Waals surface area contributed by atoms with Gasteiger partial charge in [0.05, 0.1) is 58.3 Å². The number of hydrogen-bond acceptors (Lipinski definition) is 10. The largest absolute Gasteiger partial charge is 0.479 e. The zero-order valence-corrected chi connectivity index (χ0v) is 36.9. The number of pyridine rings is 1. The molecular weight excluding hydrogens is 803 g/mol. The van der Waals surface area contributed by atoms with E-state index in [1.54, 1.807) is 17.9 Å². The van der Waals surface area contributed by atoms with Gasteiger partial charge in [-0.1, -0.05) is 27.4 Å². The molecule has 0 aliphatic carbocycles. The standard InChI is InChI=1S/C38H59IN8O5Si/c1-14-28-27-20-29(40-36(48-11)34(27)47(42-28)31-18-16-17-19-50-31)32-26(5)41-45(10)37(32)52-25(4)21-44(9)22-30-33(39)35(49-15-2)43-46(30)24(3)23-51-53(12,13)38(6,7)8/h14,20,24-25,31H,1,15-19,21-23H2,2-13H3/t24-,25-,31?/m0/s1. The molecule has 0 saturated carbocycles. The molecule has 3 atom stereocenters. The van der Waals surface area contributed by atoms with Crippen molar-refractivity contribution >= 4 is 47.9 Å². The fourth-order valence-corrected chi connectivity index (χ4v) is 8.30. The summed E-state index contributed by atoms with van der Waals surface area (Å²) in [4.78, 5) is 7.26. The maximum Gasteiger partial charge on any atom is 0.246 e. The number of fused-ring (bicyclic) bond motifs is 1. The topological polar surface area (TPSA) is 116 Å². The van der Waals surface area contributed by atoms with E-state index in [0.717, 1.165) is 56.4 Å². The third-order valence-electron chi connectivity index (χ3n) is 10.3. The van der Waals surface area contributed by atoms with Crippen molar-refractivity contribution in [3.05, 3.63) is 33.3 Å². The zero-order chi connectivity index (χ0) is 38.8. The van der Waals surface area contributed by atoms with Gasteiger partial charge in [0.1, 0.15) is 11.6 Å². The van der Waals surface area contributed by atoms with Crippen molar-refractivity contribution in [2.45, 2.75) is 111 Å². The minimum absolute atomic E-state index is 0.0367. The molecule has 1 aliphatic rings. The zero-order valence-electron chi connectivity index (χ0n) is 33.7. The summed E-state index contributed by atoms with van der Waals surface area (Å²) in [7, 11) is 3.71. The lowest BCUT2D eigenvalue weighted by Gasteiger charge is -2.37. The van der Waals surface area contributed by atoms with Gasteiger partial charge in [-0.3, -0.25) is 9.58 Å². The summed E-state index contributed by atoms with van der Waals surface area (Å²) in [5.41, 5.74) is 4.93. The number of nitrogens with zero attached hydrogens (tertiary/aromatic N) is 8. The molecule has 13 nitrogen and oxygen atoms in total. The fraction of sp³-hybridized carbons (Fsp3) is 0.632. The molecule has 0 bridgehead atoms. The van der Waals surface area contributed by atoms with Crippen molar-refractivity contribution in [1.29, 1.82) is 0 Å². The van der Waals surface area contributed by atoms with Gasteiger partial charge < -0.3 is 23.4 Å². The third-order valence-corrected chi connectivity index (χ3v) is 15.9. The van der Waals surface area contributed by atoms with E-state index in [4.69, 9.17) is 43.7 Å². The SMILES string of the molecule is C=Cc1nn(C2CCCCO2)c2c(OC)nc(-c3c(C)nn(C)c3O[C@@H](C)CN(C)Cc3c(I)c(OCC)nn3[C@@H](C)CO[Si](C)(C)C(C)(C)C)cc12. The smallest absolute Gasteiger partial charge is 0.246 e. The van der Waals surface area contributed by atoms with Gasteiger partial charge in [-0.2, -0.15) is 10.2 Å². The van der Waals surface area contributed by atoms with Crippen LogP contribution >= 0.6 is 22.6 Å². The number of aryl methyl sites for hydroxylation is 2. The average Bonchev–Trinajstić information content (AvgIpc) is 3.73. The van der Waals surface area contributed by atoms with E-state index in [1.807, 2.05) is 31.6 Å². The van der Waals surface area contributed by atoms with Crippen molar-refractivity contribution in [3.63, 3.8) is 0 Å². The van der Waals surface area contributed by atoms with Gasteiger partial charge in [0.15, 0.2) is 14.5 Å². The van der Waals surface area contributed by atoms with Crippen LogP contribution in [0, 0.1) is 10.5 Å². The van der Waals surface area contributed by atoms with Crippen LogP contribution in [0.1, 0.15) is 90.2 Å². The van der Waals surface area contributed by atoms with Crippen LogP contribution in [0.2, 0.25) is 18.1 Å². The highest BCUT2D eigenvalue weighted by atomic mass is 127. The highest BCUT2D eigenvalue weighted by molar-refractivity contribution is 14.1. The quantitative estimate of drug-likeness (QED) is 0.0808. The van der Waals surface area contributed by atoms with Crippen molar-refractivity contribution in [1.82, 2.24) is 39.2 Å². The summed E-state index contributed by atoms with van der Waals surface area (Å²) in [6, 6.07) is 2.07. The predicted octanol–water partition coefficient (Wildman–Crippen LogP) is 8.17. The molecule has 1 saturated heterocycles. The number of methoxy groups -OCH3 is 1. The summed E-state index contributed by atoms with van der Waals surface area (Å²) in [5.74, 6) is 1.76. The first-order valence-electron chi connectivity index (χ1n) is 18.6. The summed E-state index contributed by atoms with van der Waals surface area (Å²) in [6.07, 6.45) is 4.41. The molecule has 53 heavy (non-hydrogen) atoms. The van der Waals surface area contributed by atoms with Gasteiger partial charge in [-0.05, 0) is 107 Å². The van der Waals surface area contributed by atoms with Gasteiger partial charge in [0.2, 0.25) is 17.6 Å². The van der Waals surface area contributed by atoms with Gasteiger partial charge in [0.25, 0.3) is 0 Å². The Balaban J connectivity index is 1.38. The van der Waals surface area contributed by atoms with Crippen molar-refractivity contribution in [3.8, 4) is 28.9 Å². The predicted molar refractivity (Wildman–Crippen MR) is 220 cm³/mol. The lowest BCUT2D eigenvalue weighted by molar-refractivity contribution is -0.0369. The lowest BCUT2D eigenvalue weighted by atomic mass is 10.1. The van der Waals surface area contributed by atoms with Crippen LogP contribution < -0.4 is 14.2 Å². The Bertz CT molecular complexity index is 1890. The average molecular weight is 863 g/mol. The molecule has 1 unspecified atom stereocenters. The summed E-state index contributed by atoms with van der Waals surface area (Å²) < 4.78 is 38.1. The van der Waals surface area contributed by atoms with E-state index in [-0.39, 0.29) is 23.4 Å². The maximum absolute atomic E-state index is 6.71. The van der Waals surface area contributed by atoms with E-state index in [0.29, 0.717) is 56.2 Å². The second kappa shape index (κ2) is 16.8. The number of hydrogen-bond donors (Lipinski definition) is 0. The first kappa shape index (κ1) is 41.2. The van der Waals surface area contributed by atoms with E-state index in [9.17, 15) is 0 Å². The van der Waals surface area contributed by atoms with Gasteiger partial charge >= 0.3 is 0 Å². The Hall–Kier alpha value is -2.99. The summed E-state index contributed by atoms with van der Waals surface area (Å²) in [5, 5.41) is 15.6. The van der Waals surface area contributed by atoms with Crippen LogP contribution in [0.25, 0.3) is 28.2 Å². The first-order valence-corrected chi connectivity index (χ1v) is 22.6. The normalized spacial score (nSPS) is 16.7. The van der Waals surface area contributed by atoms with Crippen LogP contribution in [-0.4, -0.2) is 94.2 Å². The number of likely N-dealkylation sites (N-methyl/N-ethyl adjacent to an activating group) is 1. The molecule has 4 aromatic rings. The summed E-state index contributed by atoms with van der Waals surface area (Å²) >= 11 is 2.36. The third kappa shape index (κ3) is 8.79. The minimum Gasteiger partial charge on any atom is -0.479 e. The number of aromatic nitrogens is 7. The minimum atomic E-state index is -1.93. The van der Waals surface area contributed by atoms with Crippen LogP contribution in [-0.2, 0) is 22.8 Å². The highest BCUT2D eigenvalue weighted by Crippen LogP contribution is 2.40. The molecule has 1 fully saturated rings. The molecule has 1 aliphatic heterocycles. The number of rotatable bonds is 16. The molecule has 5 heterocycles. The molecular formula is C38H59IN8O5Si. The Kier molecular flexibility index (Phi) is 13.0. The van der Waals surface area contributed by atoms with Gasteiger partial charge in [-0.15, -0.1) is 5.10 Å². The molecule has 0 amide bonds. The van der Waals surface area contributed by atoms with Crippen molar-refractivity contribution in [2.24, 2.45) is 7.05 Å². The molecule has 0 spiro atoms. The van der Waals surface area contributed by atoms with Crippen molar-refractivity contribution < 1.29 is 23.4 Å². The van der Waals surface area contributed by atoms with Gasteiger partial charge in [-0.25, -0.2) is 14.3 Å². The highest BCUT2D eigenvalue weighted by Gasteiger charge is 2.38. The molecule has 5 rings (SSSR count). The second-order valence-corrected chi connectivity index (χ2v) is 21.5. The van der Waals surface area contributed by atoms with E-state index >= 15 is 0 Å². The molecule has 0 aromatic carbocycles. The Morgan fingerprint density at radius 3 is 2.53 bits per heavy atom. The molecule has 0 radical (unpaired) electrons. The van der Waals surface area contributed by atoms with Gasteiger partial charge in [0, 0.05) is 32.1 Å². The molecule has 0 N–H and O–H groups in total. The molecule has 4 aromatic heterocycles. The Morgan fingerprint density at radius 1 is 1.17 bits per heavy atom. The van der Waals surface area contributed by atoms with E-state index < -0.39 is 8.32 Å². The van der Waals surface area contributed by atoms with E-state index in [2.05, 4.69) is 93.5 Å².